The standard InChI is InChI=1S/C24H37N3O2/c1-18-8-9-22(28-3)21(14-18)24(10-12-29-13-11-24)17-26-23(25-2)27-15-19-6-4-5-7-20(19)16-27/h8-9,14,19-20H,4-7,10-13,15-17H2,1-3H3,(H,25,26). The Bertz CT molecular complexity index is 713. The van der Waals surface area contributed by atoms with Gasteiger partial charge in [0.15, 0.2) is 5.96 Å². The summed E-state index contributed by atoms with van der Waals surface area (Å²) in [6.07, 6.45) is 7.58. The third-order valence-corrected chi connectivity index (χ3v) is 7.45. The quantitative estimate of drug-likeness (QED) is 0.619. The summed E-state index contributed by atoms with van der Waals surface area (Å²) in [5.41, 5.74) is 2.60. The molecule has 3 fully saturated rings. The second-order valence-electron chi connectivity index (χ2n) is 9.21. The van der Waals surface area contributed by atoms with Gasteiger partial charge in [-0.2, -0.15) is 0 Å². The third-order valence-electron chi connectivity index (χ3n) is 7.45. The van der Waals surface area contributed by atoms with E-state index in [1.807, 2.05) is 7.05 Å². The van der Waals surface area contributed by atoms with Crippen molar-refractivity contribution >= 4 is 5.96 Å². The summed E-state index contributed by atoms with van der Waals surface area (Å²) in [5, 5.41) is 3.77. The van der Waals surface area contributed by atoms with E-state index in [-0.39, 0.29) is 5.41 Å². The van der Waals surface area contributed by atoms with Gasteiger partial charge in [0.05, 0.1) is 7.11 Å². The van der Waals surface area contributed by atoms with Crippen LogP contribution in [0, 0.1) is 18.8 Å². The molecular formula is C24H37N3O2. The van der Waals surface area contributed by atoms with E-state index in [4.69, 9.17) is 9.47 Å². The van der Waals surface area contributed by atoms with Gasteiger partial charge in [0.1, 0.15) is 5.75 Å². The molecule has 0 amide bonds. The summed E-state index contributed by atoms with van der Waals surface area (Å²) in [7, 11) is 3.70. The van der Waals surface area contributed by atoms with Crippen LogP contribution in [0.1, 0.15) is 49.7 Å². The van der Waals surface area contributed by atoms with Gasteiger partial charge in [-0.15, -0.1) is 0 Å². The largest absolute Gasteiger partial charge is 0.496 e. The average Bonchev–Trinajstić information content (AvgIpc) is 3.19. The molecule has 160 valence electrons. The fourth-order valence-corrected chi connectivity index (χ4v) is 5.70. The SMILES string of the molecule is CN=C(NCC1(c2cc(C)ccc2OC)CCOCC1)N1CC2CCCCC2C1. The molecule has 0 radical (unpaired) electrons. The van der Waals surface area contributed by atoms with Crippen LogP contribution in [0.25, 0.3) is 0 Å². The van der Waals surface area contributed by atoms with Crippen LogP contribution in [0.15, 0.2) is 23.2 Å². The van der Waals surface area contributed by atoms with Crippen LogP contribution in [0.2, 0.25) is 0 Å². The minimum atomic E-state index is 0.0119. The highest BCUT2D eigenvalue weighted by Gasteiger charge is 2.39. The Morgan fingerprint density at radius 3 is 2.52 bits per heavy atom. The highest BCUT2D eigenvalue weighted by atomic mass is 16.5. The molecule has 4 rings (SSSR count). The number of aryl methyl sites for hydroxylation is 1. The first-order valence-corrected chi connectivity index (χ1v) is 11.3. The average molecular weight is 400 g/mol. The van der Waals surface area contributed by atoms with Gasteiger partial charge in [0.2, 0.25) is 0 Å². The van der Waals surface area contributed by atoms with Gasteiger partial charge in [0.25, 0.3) is 0 Å². The number of ether oxygens (including phenoxy) is 2. The summed E-state index contributed by atoms with van der Waals surface area (Å²) in [5.74, 6) is 3.77. The zero-order valence-corrected chi connectivity index (χ0v) is 18.4. The van der Waals surface area contributed by atoms with Crippen molar-refractivity contribution in [3.05, 3.63) is 29.3 Å². The van der Waals surface area contributed by atoms with Crippen molar-refractivity contribution in [3.63, 3.8) is 0 Å². The molecule has 5 heteroatoms. The lowest BCUT2D eigenvalue weighted by Gasteiger charge is -2.39. The molecule has 2 aliphatic heterocycles. The van der Waals surface area contributed by atoms with Gasteiger partial charge in [-0.3, -0.25) is 4.99 Å². The Morgan fingerprint density at radius 2 is 1.90 bits per heavy atom. The minimum absolute atomic E-state index is 0.0119. The smallest absolute Gasteiger partial charge is 0.193 e. The minimum Gasteiger partial charge on any atom is -0.496 e. The van der Waals surface area contributed by atoms with Crippen molar-refractivity contribution < 1.29 is 9.47 Å². The van der Waals surface area contributed by atoms with Crippen LogP contribution in [-0.2, 0) is 10.2 Å². The monoisotopic (exact) mass is 399 g/mol. The van der Waals surface area contributed by atoms with Gasteiger partial charge in [-0.25, -0.2) is 0 Å². The number of guanidine groups is 1. The van der Waals surface area contributed by atoms with E-state index in [1.54, 1.807) is 7.11 Å². The zero-order valence-electron chi connectivity index (χ0n) is 18.4. The Hall–Kier alpha value is -1.75. The zero-order chi connectivity index (χ0) is 20.3. The Kier molecular flexibility index (Phi) is 6.33. The van der Waals surface area contributed by atoms with Crippen molar-refractivity contribution in [2.24, 2.45) is 16.8 Å². The Morgan fingerprint density at radius 1 is 1.21 bits per heavy atom. The van der Waals surface area contributed by atoms with E-state index >= 15 is 0 Å². The molecule has 2 atom stereocenters. The van der Waals surface area contributed by atoms with Crippen LogP contribution >= 0.6 is 0 Å². The second kappa shape index (κ2) is 8.95. The van der Waals surface area contributed by atoms with E-state index in [9.17, 15) is 0 Å². The van der Waals surface area contributed by atoms with Gasteiger partial charge >= 0.3 is 0 Å². The number of aliphatic imine (C=N–C) groups is 1. The highest BCUT2D eigenvalue weighted by Crippen LogP contribution is 2.40. The van der Waals surface area contributed by atoms with Crippen LogP contribution in [-0.4, -0.2) is 57.9 Å². The summed E-state index contributed by atoms with van der Waals surface area (Å²) in [6, 6.07) is 6.55. The second-order valence-corrected chi connectivity index (χ2v) is 9.21. The third kappa shape index (κ3) is 4.25. The number of hydrogen-bond acceptors (Lipinski definition) is 3. The van der Waals surface area contributed by atoms with E-state index < -0.39 is 0 Å². The summed E-state index contributed by atoms with van der Waals surface area (Å²) >= 11 is 0. The van der Waals surface area contributed by atoms with Crippen molar-refractivity contribution in [2.75, 3.05) is 47.0 Å². The van der Waals surface area contributed by atoms with Crippen LogP contribution in [0.5, 0.6) is 5.75 Å². The maximum atomic E-state index is 5.77. The molecule has 0 bridgehead atoms. The van der Waals surface area contributed by atoms with Crippen molar-refractivity contribution in [1.29, 1.82) is 0 Å². The van der Waals surface area contributed by atoms with E-state index in [2.05, 4.69) is 40.3 Å². The number of rotatable bonds is 4. The molecule has 29 heavy (non-hydrogen) atoms. The number of fused-ring (bicyclic) bond motifs is 1. The van der Waals surface area contributed by atoms with Gasteiger partial charge in [0, 0.05) is 50.9 Å². The van der Waals surface area contributed by atoms with Gasteiger partial charge < -0.3 is 19.7 Å². The predicted molar refractivity (Wildman–Crippen MR) is 118 cm³/mol. The van der Waals surface area contributed by atoms with Crippen molar-refractivity contribution in [3.8, 4) is 5.75 Å². The Balaban J connectivity index is 1.52. The number of methoxy groups -OCH3 is 1. The molecule has 2 unspecified atom stereocenters. The molecule has 0 aromatic heterocycles. The molecule has 1 aromatic rings. The lowest BCUT2D eigenvalue weighted by atomic mass is 9.73. The number of nitrogens with zero attached hydrogens (tertiary/aromatic N) is 2. The highest BCUT2D eigenvalue weighted by molar-refractivity contribution is 5.80. The fourth-order valence-electron chi connectivity index (χ4n) is 5.70. The summed E-state index contributed by atoms with van der Waals surface area (Å²) in [4.78, 5) is 7.17. The first kappa shape index (κ1) is 20.5. The molecule has 3 aliphatic rings. The van der Waals surface area contributed by atoms with Gasteiger partial charge in [-0.05, 0) is 50.5 Å². The molecule has 1 N–H and O–H groups in total. The van der Waals surface area contributed by atoms with E-state index in [0.29, 0.717) is 0 Å². The first-order valence-electron chi connectivity index (χ1n) is 11.3. The maximum absolute atomic E-state index is 5.77. The molecule has 0 spiro atoms. The van der Waals surface area contributed by atoms with Crippen molar-refractivity contribution in [2.45, 2.75) is 50.9 Å². The molecule has 1 aliphatic carbocycles. The van der Waals surface area contributed by atoms with Crippen LogP contribution < -0.4 is 10.1 Å². The lowest BCUT2D eigenvalue weighted by Crippen LogP contribution is -2.49. The maximum Gasteiger partial charge on any atom is 0.193 e. The van der Waals surface area contributed by atoms with Crippen LogP contribution in [0.4, 0.5) is 0 Å². The fraction of sp³-hybridized carbons (Fsp3) is 0.708. The molecule has 1 saturated carbocycles. The van der Waals surface area contributed by atoms with E-state index in [1.165, 1.54) is 36.8 Å². The number of nitrogens with one attached hydrogen (secondary N) is 1. The number of hydrogen-bond donors (Lipinski definition) is 1. The first-order chi connectivity index (χ1) is 14.1. The lowest BCUT2D eigenvalue weighted by molar-refractivity contribution is 0.0503. The van der Waals surface area contributed by atoms with Crippen molar-refractivity contribution in [1.82, 2.24) is 10.2 Å². The van der Waals surface area contributed by atoms with E-state index in [0.717, 1.165) is 69.2 Å². The number of likely N-dealkylation sites (tertiary alicyclic amines) is 1. The summed E-state index contributed by atoms with van der Waals surface area (Å²) in [6.45, 7) is 6.95. The molecule has 2 saturated heterocycles. The number of benzene rings is 1. The van der Waals surface area contributed by atoms with Gasteiger partial charge in [-0.1, -0.05) is 30.5 Å². The molecular weight excluding hydrogens is 362 g/mol. The normalized spacial score (nSPS) is 26.9. The van der Waals surface area contributed by atoms with Crippen LogP contribution in [0.3, 0.4) is 0 Å². The topological polar surface area (TPSA) is 46.1 Å². The molecule has 2 heterocycles. The predicted octanol–water partition coefficient (Wildman–Crippen LogP) is 3.75. The summed E-state index contributed by atoms with van der Waals surface area (Å²) < 4.78 is 11.5. The molecule has 5 nitrogen and oxygen atoms in total. The molecule has 1 aromatic carbocycles. The Labute approximate surface area is 175 Å².